The molecule has 1 heterocycles. The van der Waals surface area contributed by atoms with E-state index in [1.165, 1.54) is 24.1 Å². The molecule has 1 aliphatic rings. The Kier molecular flexibility index (Phi) is 8.06. The zero-order chi connectivity index (χ0) is 24.0. The van der Waals surface area contributed by atoms with Gasteiger partial charge in [-0.25, -0.2) is 4.39 Å². The van der Waals surface area contributed by atoms with Crippen LogP contribution in [0.5, 0.6) is 11.5 Å². The number of Topliss-reactive ketones (excluding diaryl/α,β-unsaturated/α-hetero) is 1. The normalized spacial score (nSPS) is 17.5. The molecule has 1 saturated heterocycles. The maximum atomic E-state index is 14.0. The van der Waals surface area contributed by atoms with Crippen molar-refractivity contribution in [2.24, 2.45) is 0 Å². The maximum absolute atomic E-state index is 14.0. The first-order chi connectivity index (χ1) is 15.9. The van der Waals surface area contributed by atoms with Gasteiger partial charge in [0.1, 0.15) is 23.1 Å². The molecule has 0 spiro atoms. The maximum Gasteiger partial charge on any atom is 0.295 e. The van der Waals surface area contributed by atoms with Crippen LogP contribution in [0.2, 0.25) is 0 Å². The number of carbonyl (C=O) groups is 2. The first-order valence-corrected chi connectivity index (χ1v) is 10.8. The molecule has 0 aromatic heterocycles. The van der Waals surface area contributed by atoms with E-state index in [9.17, 15) is 19.1 Å². The monoisotopic (exact) mass is 457 g/mol. The summed E-state index contributed by atoms with van der Waals surface area (Å²) < 4.78 is 30.1. The van der Waals surface area contributed by atoms with E-state index >= 15 is 0 Å². The van der Waals surface area contributed by atoms with Crippen LogP contribution in [0.1, 0.15) is 36.9 Å². The Bertz CT molecular complexity index is 1050. The SMILES string of the molecule is CCCOc1cccc(C2/C(=C(\O)c3cc(F)ccc3OC)C(=O)C(=O)N2CCCOC)c1. The highest BCUT2D eigenvalue weighted by molar-refractivity contribution is 6.46. The number of hydrogen-bond acceptors (Lipinski definition) is 6. The van der Waals surface area contributed by atoms with E-state index < -0.39 is 29.3 Å². The third-order valence-electron chi connectivity index (χ3n) is 5.35. The number of likely N-dealkylation sites (tertiary alicyclic amines) is 1. The van der Waals surface area contributed by atoms with Gasteiger partial charge in [0.2, 0.25) is 0 Å². The second-order valence-electron chi connectivity index (χ2n) is 7.60. The molecule has 176 valence electrons. The van der Waals surface area contributed by atoms with Crippen molar-refractivity contribution in [1.29, 1.82) is 0 Å². The fourth-order valence-electron chi connectivity index (χ4n) is 3.84. The highest BCUT2D eigenvalue weighted by Crippen LogP contribution is 2.41. The lowest BCUT2D eigenvalue weighted by atomic mass is 9.94. The van der Waals surface area contributed by atoms with Gasteiger partial charge in [-0.1, -0.05) is 19.1 Å². The van der Waals surface area contributed by atoms with E-state index in [1.807, 2.05) is 6.92 Å². The molecule has 7 nitrogen and oxygen atoms in total. The Hall–Kier alpha value is -3.39. The van der Waals surface area contributed by atoms with Gasteiger partial charge in [-0.2, -0.15) is 0 Å². The van der Waals surface area contributed by atoms with Crippen molar-refractivity contribution in [3.63, 3.8) is 0 Å². The fourth-order valence-corrected chi connectivity index (χ4v) is 3.84. The molecule has 3 rings (SSSR count). The molecule has 1 aliphatic heterocycles. The van der Waals surface area contributed by atoms with Crippen molar-refractivity contribution in [2.45, 2.75) is 25.8 Å². The van der Waals surface area contributed by atoms with Crippen molar-refractivity contribution in [3.05, 3.63) is 65.0 Å². The molecule has 2 aromatic rings. The van der Waals surface area contributed by atoms with Crippen LogP contribution < -0.4 is 9.47 Å². The number of methoxy groups -OCH3 is 2. The van der Waals surface area contributed by atoms with Crippen molar-refractivity contribution in [1.82, 2.24) is 4.90 Å². The number of ketones is 1. The number of ether oxygens (including phenoxy) is 3. The molecule has 8 heteroatoms. The van der Waals surface area contributed by atoms with Crippen LogP contribution in [0.15, 0.2) is 48.0 Å². The Morgan fingerprint density at radius 1 is 1.12 bits per heavy atom. The minimum atomic E-state index is -0.875. The van der Waals surface area contributed by atoms with Crippen molar-refractivity contribution >= 4 is 17.4 Å². The molecule has 1 fully saturated rings. The van der Waals surface area contributed by atoms with E-state index in [-0.39, 0.29) is 23.4 Å². The predicted octanol–water partition coefficient (Wildman–Crippen LogP) is 4.08. The Labute approximate surface area is 192 Å². The molecule has 0 aliphatic carbocycles. The van der Waals surface area contributed by atoms with Crippen LogP contribution in [0, 0.1) is 5.82 Å². The summed E-state index contributed by atoms with van der Waals surface area (Å²) in [5.74, 6) is -1.94. The lowest BCUT2D eigenvalue weighted by molar-refractivity contribution is -0.140. The van der Waals surface area contributed by atoms with Gasteiger partial charge >= 0.3 is 0 Å². The Morgan fingerprint density at radius 3 is 2.61 bits per heavy atom. The number of aliphatic hydroxyl groups excluding tert-OH is 1. The van der Waals surface area contributed by atoms with Crippen LogP contribution in [0.4, 0.5) is 4.39 Å². The van der Waals surface area contributed by atoms with Crippen LogP contribution in [-0.2, 0) is 14.3 Å². The zero-order valence-corrected chi connectivity index (χ0v) is 19.0. The van der Waals surface area contributed by atoms with Gasteiger partial charge in [0.25, 0.3) is 11.7 Å². The molecule has 0 saturated carbocycles. The first kappa shape index (κ1) is 24.3. The molecule has 1 N–H and O–H groups in total. The number of nitrogens with zero attached hydrogens (tertiary/aromatic N) is 1. The molecule has 1 atom stereocenters. The molecule has 0 bridgehead atoms. The van der Waals surface area contributed by atoms with Crippen LogP contribution in [0.25, 0.3) is 5.76 Å². The molecular formula is C25H28FNO6. The standard InChI is InChI=1S/C25H28FNO6/c1-4-12-33-18-8-5-7-16(14-18)22-21(24(29)25(30)27(22)11-6-13-31-2)23(28)19-15-17(26)9-10-20(19)32-3/h5,7-10,14-15,22,28H,4,6,11-13H2,1-3H3/b23-21+. The number of halogens is 1. The van der Waals surface area contributed by atoms with Gasteiger partial charge in [-0.15, -0.1) is 0 Å². The van der Waals surface area contributed by atoms with E-state index in [1.54, 1.807) is 31.4 Å². The molecule has 33 heavy (non-hydrogen) atoms. The van der Waals surface area contributed by atoms with E-state index in [2.05, 4.69) is 0 Å². The van der Waals surface area contributed by atoms with Gasteiger partial charge in [0.15, 0.2) is 0 Å². The average Bonchev–Trinajstić information content (AvgIpc) is 3.07. The largest absolute Gasteiger partial charge is 0.507 e. The molecular weight excluding hydrogens is 429 g/mol. The van der Waals surface area contributed by atoms with Gasteiger partial charge in [-0.3, -0.25) is 9.59 Å². The summed E-state index contributed by atoms with van der Waals surface area (Å²) in [6.07, 6.45) is 1.31. The molecule has 1 amide bonds. The highest BCUT2D eigenvalue weighted by atomic mass is 19.1. The van der Waals surface area contributed by atoms with Crippen LogP contribution >= 0.6 is 0 Å². The van der Waals surface area contributed by atoms with E-state index in [0.717, 1.165) is 12.5 Å². The van der Waals surface area contributed by atoms with Crippen LogP contribution in [0.3, 0.4) is 0 Å². The average molecular weight is 457 g/mol. The number of rotatable bonds is 10. The summed E-state index contributed by atoms with van der Waals surface area (Å²) in [4.78, 5) is 27.4. The van der Waals surface area contributed by atoms with Crippen molar-refractivity contribution in [2.75, 3.05) is 34.0 Å². The van der Waals surface area contributed by atoms with Gasteiger partial charge < -0.3 is 24.2 Å². The van der Waals surface area contributed by atoms with Gasteiger partial charge in [0, 0.05) is 20.3 Å². The topological polar surface area (TPSA) is 85.3 Å². The minimum absolute atomic E-state index is 0.00391. The fraction of sp³-hybridized carbons (Fsp3) is 0.360. The minimum Gasteiger partial charge on any atom is -0.507 e. The Balaban J connectivity index is 2.16. The summed E-state index contributed by atoms with van der Waals surface area (Å²) in [6, 6.07) is 9.78. The third kappa shape index (κ3) is 5.17. The zero-order valence-electron chi connectivity index (χ0n) is 19.0. The summed E-state index contributed by atoms with van der Waals surface area (Å²) >= 11 is 0. The van der Waals surface area contributed by atoms with Crippen molar-refractivity contribution < 1.29 is 33.3 Å². The predicted molar refractivity (Wildman–Crippen MR) is 121 cm³/mol. The van der Waals surface area contributed by atoms with Crippen molar-refractivity contribution in [3.8, 4) is 11.5 Å². The lowest BCUT2D eigenvalue weighted by Gasteiger charge is -2.25. The van der Waals surface area contributed by atoms with E-state index in [4.69, 9.17) is 14.2 Å². The Morgan fingerprint density at radius 2 is 1.91 bits per heavy atom. The smallest absolute Gasteiger partial charge is 0.295 e. The molecule has 2 aromatic carbocycles. The van der Waals surface area contributed by atoms with E-state index in [0.29, 0.717) is 30.9 Å². The quantitative estimate of drug-likeness (QED) is 0.250. The third-order valence-corrected chi connectivity index (χ3v) is 5.35. The molecule has 1 unspecified atom stereocenters. The second kappa shape index (κ2) is 11.0. The number of carbonyl (C=O) groups excluding carboxylic acids is 2. The number of hydrogen-bond donors (Lipinski definition) is 1. The van der Waals surface area contributed by atoms with Gasteiger partial charge in [-0.05, 0) is 48.7 Å². The number of aliphatic hydroxyl groups is 1. The summed E-state index contributed by atoms with van der Waals surface area (Å²) in [5, 5.41) is 11.2. The summed E-state index contributed by atoms with van der Waals surface area (Å²) in [6.45, 7) is 3.13. The van der Waals surface area contributed by atoms with Gasteiger partial charge in [0.05, 0.1) is 30.9 Å². The molecule has 0 radical (unpaired) electrons. The lowest BCUT2D eigenvalue weighted by Crippen LogP contribution is -2.31. The number of amides is 1. The van der Waals surface area contributed by atoms with Crippen LogP contribution in [-0.4, -0.2) is 55.7 Å². The number of benzene rings is 2. The first-order valence-electron chi connectivity index (χ1n) is 10.8. The summed E-state index contributed by atoms with van der Waals surface area (Å²) in [5.41, 5.74) is 0.460. The second-order valence-corrected chi connectivity index (χ2v) is 7.60. The summed E-state index contributed by atoms with van der Waals surface area (Å²) in [7, 11) is 2.93. The highest BCUT2D eigenvalue weighted by Gasteiger charge is 2.46.